The van der Waals surface area contributed by atoms with E-state index in [1.807, 2.05) is 6.92 Å². The maximum atomic E-state index is 12.9. The van der Waals surface area contributed by atoms with Crippen LogP contribution in [0.25, 0.3) is 10.6 Å². The summed E-state index contributed by atoms with van der Waals surface area (Å²) in [6, 6.07) is 0.260. The molecule has 0 bridgehead atoms. The Morgan fingerprint density at radius 2 is 2.23 bits per heavy atom. The standard InChI is InChI=1S/C17H24N6O2S/c1-11-9-19-16(26-11)13-14(20-12-3-2-4-18-10-12)21-17(22-15(13)24)23-5-7-25-8-6-23/h9,12,18H,2-8,10H2,1H3,(H2,20,21,22,24). The quantitative estimate of drug-likeness (QED) is 0.738. The van der Waals surface area contributed by atoms with Crippen LogP contribution >= 0.6 is 11.3 Å². The van der Waals surface area contributed by atoms with Gasteiger partial charge in [0.25, 0.3) is 5.56 Å². The molecule has 8 nitrogen and oxygen atoms in total. The Balaban J connectivity index is 1.72. The highest BCUT2D eigenvalue weighted by Gasteiger charge is 2.23. The Labute approximate surface area is 156 Å². The molecule has 0 spiro atoms. The summed E-state index contributed by atoms with van der Waals surface area (Å²) in [7, 11) is 0. The molecule has 2 aromatic heterocycles. The summed E-state index contributed by atoms with van der Waals surface area (Å²) in [6.07, 6.45) is 3.97. The molecule has 2 fully saturated rings. The van der Waals surface area contributed by atoms with Crippen LogP contribution in [0.2, 0.25) is 0 Å². The zero-order valence-electron chi connectivity index (χ0n) is 14.9. The smallest absolute Gasteiger partial charge is 0.264 e. The van der Waals surface area contributed by atoms with Gasteiger partial charge < -0.3 is 20.3 Å². The summed E-state index contributed by atoms with van der Waals surface area (Å²) in [5.41, 5.74) is 0.382. The van der Waals surface area contributed by atoms with Crippen molar-refractivity contribution >= 4 is 23.1 Å². The minimum Gasteiger partial charge on any atom is -0.378 e. The van der Waals surface area contributed by atoms with Crippen LogP contribution in [-0.4, -0.2) is 60.4 Å². The van der Waals surface area contributed by atoms with Gasteiger partial charge in [-0.25, -0.2) is 4.98 Å². The second-order valence-electron chi connectivity index (χ2n) is 6.68. The number of thiazole rings is 1. The highest BCUT2D eigenvalue weighted by molar-refractivity contribution is 7.15. The molecule has 0 aromatic carbocycles. The molecule has 0 saturated carbocycles. The second-order valence-corrected chi connectivity index (χ2v) is 7.91. The van der Waals surface area contributed by atoms with Crippen molar-refractivity contribution < 1.29 is 4.74 Å². The van der Waals surface area contributed by atoms with E-state index in [2.05, 4.69) is 25.5 Å². The van der Waals surface area contributed by atoms with Crippen LogP contribution in [-0.2, 0) is 4.74 Å². The van der Waals surface area contributed by atoms with Gasteiger partial charge in [0.1, 0.15) is 16.4 Å². The van der Waals surface area contributed by atoms with Gasteiger partial charge in [-0.15, -0.1) is 11.3 Å². The van der Waals surface area contributed by atoms with Gasteiger partial charge in [-0.1, -0.05) is 0 Å². The van der Waals surface area contributed by atoms with Gasteiger partial charge in [-0.3, -0.25) is 9.78 Å². The lowest BCUT2D eigenvalue weighted by Crippen LogP contribution is -2.40. The SMILES string of the molecule is Cc1cnc(-c2c(NC3CCCNC3)nc(N3CCOCC3)[nH]c2=O)s1. The number of nitrogens with one attached hydrogen (secondary N) is 3. The number of hydrogen-bond acceptors (Lipinski definition) is 8. The van der Waals surface area contributed by atoms with E-state index in [0.717, 1.165) is 43.9 Å². The first-order valence-corrected chi connectivity index (χ1v) is 9.89. The topological polar surface area (TPSA) is 95.2 Å². The van der Waals surface area contributed by atoms with Crippen molar-refractivity contribution in [1.29, 1.82) is 0 Å². The molecule has 140 valence electrons. The molecule has 2 aliphatic rings. The average Bonchev–Trinajstić information content (AvgIpc) is 3.09. The summed E-state index contributed by atoms with van der Waals surface area (Å²) in [5, 5.41) is 7.59. The molecule has 0 amide bonds. The fourth-order valence-electron chi connectivity index (χ4n) is 3.33. The molecule has 0 aliphatic carbocycles. The first kappa shape index (κ1) is 17.4. The van der Waals surface area contributed by atoms with Crippen molar-refractivity contribution in [3.8, 4) is 10.6 Å². The van der Waals surface area contributed by atoms with Gasteiger partial charge in [0.15, 0.2) is 0 Å². The normalized spacial score (nSPS) is 21.0. The van der Waals surface area contributed by atoms with Crippen molar-refractivity contribution in [2.45, 2.75) is 25.8 Å². The Kier molecular flexibility index (Phi) is 5.18. The number of aryl methyl sites for hydroxylation is 1. The number of H-pyrrole nitrogens is 1. The molecule has 1 atom stereocenters. The van der Waals surface area contributed by atoms with Crippen LogP contribution in [0.3, 0.4) is 0 Å². The summed E-state index contributed by atoms with van der Waals surface area (Å²) in [4.78, 5) is 28.2. The van der Waals surface area contributed by atoms with Gasteiger partial charge in [0, 0.05) is 36.8 Å². The van der Waals surface area contributed by atoms with Crippen molar-refractivity contribution in [1.82, 2.24) is 20.3 Å². The van der Waals surface area contributed by atoms with E-state index in [1.165, 1.54) is 11.3 Å². The van der Waals surface area contributed by atoms with Gasteiger partial charge >= 0.3 is 0 Å². The van der Waals surface area contributed by atoms with Gasteiger partial charge in [-0.2, -0.15) is 4.98 Å². The lowest BCUT2D eigenvalue weighted by atomic mass is 10.1. The molecule has 9 heteroatoms. The van der Waals surface area contributed by atoms with E-state index < -0.39 is 0 Å². The first-order chi connectivity index (χ1) is 12.7. The van der Waals surface area contributed by atoms with Crippen LogP contribution < -0.4 is 21.1 Å². The molecule has 26 heavy (non-hydrogen) atoms. The minimum atomic E-state index is -0.151. The van der Waals surface area contributed by atoms with E-state index in [9.17, 15) is 4.79 Å². The monoisotopic (exact) mass is 376 g/mol. The van der Waals surface area contributed by atoms with E-state index >= 15 is 0 Å². The van der Waals surface area contributed by atoms with Crippen LogP contribution in [0.15, 0.2) is 11.0 Å². The minimum absolute atomic E-state index is 0.151. The molecule has 4 heterocycles. The average molecular weight is 376 g/mol. The summed E-state index contributed by atoms with van der Waals surface area (Å²) in [6.45, 7) is 6.64. The highest BCUT2D eigenvalue weighted by Crippen LogP contribution is 2.29. The van der Waals surface area contributed by atoms with E-state index in [4.69, 9.17) is 9.72 Å². The molecular weight excluding hydrogens is 352 g/mol. The fourth-order valence-corrected chi connectivity index (χ4v) is 4.14. The third-order valence-corrected chi connectivity index (χ3v) is 5.62. The van der Waals surface area contributed by atoms with Crippen LogP contribution in [0.1, 0.15) is 17.7 Å². The number of nitrogens with zero attached hydrogens (tertiary/aromatic N) is 3. The molecule has 2 saturated heterocycles. The zero-order chi connectivity index (χ0) is 17.9. The van der Waals surface area contributed by atoms with E-state index in [1.54, 1.807) is 6.20 Å². The first-order valence-electron chi connectivity index (χ1n) is 9.08. The molecule has 2 aromatic rings. The number of rotatable bonds is 4. The Bertz CT molecular complexity index is 808. The number of piperidine rings is 1. The largest absolute Gasteiger partial charge is 0.378 e. The van der Waals surface area contributed by atoms with Crippen LogP contribution in [0, 0.1) is 6.92 Å². The lowest BCUT2D eigenvalue weighted by Gasteiger charge is -2.29. The van der Waals surface area contributed by atoms with Gasteiger partial charge in [0.05, 0.1) is 13.2 Å². The number of ether oxygens (including phenoxy) is 1. The molecule has 4 rings (SSSR count). The van der Waals surface area contributed by atoms with Crippen LogP contribution in [0.5, 0.6) is 0 Å². The van der Waals surface area contributed by atoms with E-state index in [-0.39, 0.29) is 11.6 Å². The molecular formula is C17H24N6O2S. The van der Waals surface area contributed by atoms with Crippen LogP contribution in [0.4, 0.5) is 11.8 Å². The maximum Gasteiger partial charge on any atom is 0.264 e. The second kappa shape index (κ2) is 7.73. The van der Waals surface area contributed by atoms with E-state index in [0.29, 0.717) is 35.6 Å². The number of anilines is 2. The van der Waals surface area contributed by atoms with Crippen molar-refractivity contribution in [3.63, 3.8) is 0 Å². The summed E-state index contributed by atoms with van der Waals surface area (Å²) < 4.78 is 5.41. The molecule has 0 radical (unpaired) electrons. The third kappa shape index (κ3) is 3.74. The molecule has 1 unspecified atom stereocenters. The van der Waals surface area contributed by atoms with Gasteiger partial charge in [0.2, 0.25) is 5.95 Å². The predicted molar refractivity (Wildman–Crippen MR) is 103 cm³/mol. The number of morpholine rings is 1. The Morgan fingerprint density at radius 1 is 1.38 bits per heavy atom. The molecule has 3 N–H and O–H groups in total. The third-order valence-electron chi connectivity index (χ3n) is 4.69. The summed E-state index contributed by atoms with van der Waals surface area (Å²) in [5.74, 6) is 1.22. The Hall–Kier alpha value is -1.97. The van der Waals surface area contributed by atoms with Crippen molar-refractivity contribution in [2.75, 3.05) is 49.6 Å². The highest BCUT2D eigenvalue weighted by atomic mass is 32.1. The zero-order valence-corrected chi connectivity index (χ0v) is 15.7. The van der Waals surface area contributed by atoms with Crippen molar-refractivity contribution in [3.05, 3.63) is 21.4 Å². The Morgan fingerprint density at radius 3 is 2.92 bits per heavy atom. The maximum absolute atomic E-state index is 12.9. The summed E-state index contributed by atoms with van der Waals surface area (Å²) >= 11 is 1.51. The number of aromatic amines is 1. The molecule has 2 aliphatic heterocycles. The van der Waals surface area contributed by atoms with Gasteiger partial charge in [-0.05, 0) is 26.3 Å². The number of hydrogen-bond donors (Lipinski definition) is 3. The van der Waals surface area contributed by atoms with Crippen molar-refractivity contribution in [2.24, 2.45) is 0 Å². The predicted octanol–water partition coefficient (Wildman–Crippen LogP) is 1.20. The lowest BCUT2D eigenvalue weighted by molar-refractivity contribution is 0.122. The fraction of sp³-hybridized carbons (Fsp3) is 0.588. The number of aromatic nitrogens is 3.